The third-order valence-electron chi connectivity index (χ3n) is 10.1. The quantitative estimate of drug-likeness (QED) is 0.0363. The van der Waals surface area contributed by atoms with E-state index in [0.29, 0.717) is 21.9 Å². The van der Waals surface area contributed by atoms with Crippen LogP contribution in [-0.4, -0.2) is 158 Å². The van der Waals surface area contributed by atoms with Crippen molar-refractivity contribution in [2.24, 2.45) is 11.7 Å². The predicted octanol–water partition coefficient (Wildman–Crippen LogP) is -2.61. The summed E-state index contributed by atoms with van der Waals surface area (Å²) >= 11 is 0. The number of rotatable bonds is 20. The topological polar surface area (TPSA) is 387 Å². The van der Waals surface area contributed by atoms with Crippen LogP contribution in [0.1, 0.15) is 77.7 Å². The van der Waals surface area contributed by atoms with Crippen LogP contribution in [-0.2, 0) is 54.4 Å². The summed E-state index contributed by atoms with van der Waals surface area (Å²) in [7, 11) is 0. The first kappa shape index (κ1) is 54.3. The van der Waals surface area contributed by atoms with Gasteiger partial charge in [-0.3, -0.25) is 63.6 Å². The second-order valence-electron chi connectivity index (χ2n) is 15.4. The minimum atomic E-state index is -1.76. The van der Waals surface area contributed by atoms with E-state index in [1.807, 2.05) is 0 Å². The van der Waals surface area contributed by atoms with Crippen LogP contribution in [0.4, 0.5) is 0 Å². The molecule has 0 aliphatic carbocycles. The lowest BCUT2D eigenvalue weighted by Gasteiger charge is -2.30. The van der Waals surface area contributed by atoms with Crippen molar-refractivity contribution in [3.63, 3.8) is 0 Å². The summed E-state index contributed by atoms with van der Waals surface area (Å²) in [6, 6.07) is -1.15. The average molecular weight is 917 g/mol. The summed E-state index contributed by atoms with van der Waals surface area (Å²) in [6.07, 6.45) is -1.24. The van der Waals surface area contributed by atoms with Gasteiger partial charge in [-0.05, 0) is 62.6 Å². The zero-order valence-corrected chi connectivity index (χ0v) is 36.4. The molecule has 13 N–H and O–H groups in total. The molecule has 358 valence electrons. The van der Waals surface area contributed by atoms with Crippen molar-refractivity contribution in [3.8, 4) is 0 Å². The van der Waals surface area contributed by atoms with E-state index in [1.54, 1.807) is 37.3 Å². The van der Waals surface area contributed by atoms with Gasteiger partial charge in [0.25, 0.3) is 5.91 Å². The van der Waals surface area contributed by atoms with E-state index in [-0.39, 0.29) is 69.5 Å². The number of primary amides is 1. The summed E-state index contributed by atoms with van der Waals surface area (Å²) in [4.78, 5) is 132. The van der Waals surface area contributed by atoms with Gasteiger partial charge in [-0.1, -0.05) is 37.3 Å². The Morgan fingerprint density at radius 2 is 0.985 bits per heavy atom. The Morgan fingerprint density at radius 1 is 0.615 bits per heavy atom. The number of nitrogens with two attached hydrogens (primary N) is 1. The monoisotopic (exact) mass is 916 g/mol. The zero-order chi connectivity index (χ0) is 48.8. The minimum absolute atomic E-state index is 0.130. The predicted molar refractivity (Wildman–Crippen MR) is 226 cm³/mol. The molecule has 1 aromatic rings. The number of amides is 10. The van der Waals surface area contributed by atoms with Crippen LogP contribution in [0.5, 0.6) is 0 Å². The molecule has 1 saturated heterocycles. The molecule has 1 aliphatic rings. The van der Waals surface area contributed by atoms with Crippen molar-refractivity contribution in [1.29, 1.82) is 10.8 Å². The number of hydrogen-bond acceptors (Lipinski definition) is 15. The maximum atomic E-state index is 14.3. The van der Waals surface area contributed by atoms with Crippen molar-refractivity contribution in [3.05, 3.63) is 35.9 Å². The lowest BCUT2D eigenvalue weighted by atomic mass is 9.99. The summed E-state index contributed by atoms with van der Waals surface area (Å²) < 4.78 is 0. The first-order chi connectivity index (χ1) is 30.7. The molecule has 2 rings (SSSR count). The van der Waals surface area contributed by atoms with Crippen molar-refractivity contribution >= 4 is 71.5 Å². The summed E-state index contributed by atoms with van der Waals surface area (Å²) in [5, 5.41) is 60.8. The molecule has 65 heavy (non-hydrogen) atoms. The molecular formula is C40H60N12O13. The molecule has 25 nitrogen and oxygen atoms in total. The Bertz CT molecular complexity index is 1890. The maximum absolute atomic E-state index is 14.3. The van der Waals surface area contributed by atoms with E-state index in [2.05, 4.69) is 31.9 Å². The normalized spacial score (nSPS) is 21.6. The van der Waals surface area contributed by atoms with Crippen LogP contribution in [0.25, 0.3) is 0 Å². The smallest absolute Gasteiger partial charge is 0.287 e. The van der Waals surface area contributed by atoms with Gasteiger partial charge in [0.05, 0.1) is 12.6 Å². The second kappa shape index (κ2) is 27.4. The molecule has 0 bridgehead atoms. The third-order valence-corrected chi connectivity index (χ3v) is 10.1. The summed E-state index contributed by atoms with van der Waals surface area (Å²) in [6.45, 7) is 2.62. The largest absolute Gasteiger partial charge is 0.370 e. The van der Waals surface area contributed by atoms with Gasteiger partial charge in [-0.25, -0.2) is 15.2 Å². The highest BCUT2D eigenvalue weighted by molar-refractivity contribution is 6.24. The molecule has 0 aromatic heterocycles. The summed E-state index contributed by atoms with van der Waals surface area (Å²) in [5.41, 5.74) is 5.99. The maximum Gasteiger partial charge on any atom is 0.287 e. The van der Waals surface area contributed by atoms with Crippen LogP contribution < -0.4 is 37.6 Å². The molecule has 1 heterocycles. The summed E-state index contributed by atoms with van der Waals surface area (Å²) in [5.74, 6) is -10.4. The molecule has 1 fully saturated rings. The first-order valence-corrected chi connectivity index (χ1v) is 20.8. The van der Waals surface area contributed by atoms with Gasteiger partial charge in [-0.2, -0.15) is 0 Å². The van der Waals surface area contributed by atoms with Crippen LogP contribution in [0, 0.1) is 16.7 Å². The molecule has 7 unspecified atom stereocenters. The van der Waals surface area contributed by atoms with Gasteiger partial charge in [0, 0.05) is 39.9 Å². The highest BCUT2D eigenvalue weighted by atomic mass is 16.5. The minimum Gasteiger partial charge on any atom is -0.370 e. The number of hydroxylamine groups is 6. The van der Waals surface area contributed by atoms with Crippen molar-refractivity contribution in [1.82, 2.24) is 47.1 Å². The Labute approximate surface area is 374 Å². The van der Waals surface area contributed by atoms with Gasteiger partial charge in [0.2, 0.25) is 53.2 Å². The number of benzene rings is 1. The van der Waals surface area contributed by atoms with E-state index >= 15 is 0 Å². The van der Waals surface area contributed by atoms with Gasteiger partial charge in [-0.15, -0.1) is 0 Å². The van der Waals surface area contributed by atoms with Crippen LogP contribution in [0.15, 0.2) is 30.3 Å². The van der Waals surface area contributed by atoms with E-state index in [4.69, 9.17) is 16.6 Å². The van der Waals surface area contributed by atoms with Crippen LogP contribution in [0.3, 0.4) is 0 Å². The van der Waals surface area contributed by atoms with E-state index < -0.39 is 114 Å². The Hall–Kier alpha value is -6.86. The number of carbonyl (C=O) groups excluding carboxylic acids is 10. The van der Waals surface area contributed by atoms with Crippen LogP contribution >= 0.6 is 0 Å². The van der Waals surface area contributed by atoms with Gasteiger partial charge in [0.15, 0.2) is 0 Å². The zero-order valence-electron chi connectivity index (χ0n) is 36.4. The molecular weight excluding hydrogens is 857 g/mol. The number of nitrogens with one attached hydrogen (secondary N) is 8. The number of hydrogen-bond donors (Lipinski definition) is 12. The molecule has 1 aliphatic heterocycles. The highest BCUT2D eigenvalue weighted by Gasteiger charge is 2.36. The van der Waals surface area contributed by atoms with E-state index in [9.17, 15) is 63.6 Å². The molecule has 0 spiro atoms. The third kappa shape index (κ3) is 19.2. The Kier molecular flexibility index (Phi) is 22.8. The molecule has 10 amide bonds. The van der Waals surface area contributed by atoms with E-state index in [0.717, 1.165) is 20.1 Å². The second-order valence-corrected chi connectivity index (χ2v) is 15.4. The lowest BCUT2D eigenvalue weighted by Crippen LogP contribution is -2.62. The van der Waals surface area contributed by atoms with Crippen LogP contribution in [0.2, 0.25) is 0 Å². The number of nitrogens with zero attached hydrogens (tertiary/aromatic N) is 3. The van der Waals surface area contributed by atoms with Gasteiger partial charge in [0.1, 0.15) is 36.3 Å². The fourth-order valence-electron chi connectivity index (χ4n) is 6.42. The standard InChI is InChI=1S/C40H60N12O13/c1-23(21-41)18-30-38(60)48-31(19-26-10-5-4-6-11-26)39(61)46-28(14-9-17-52(65)34(56)22-42)36(58)44-27(12-7-15-50(63)24(2)53)35(57)45-29(13-8-16-51(64)25(3)54)37(59)49-32(20-33(43)55)40(62)47-30/h4-6,10-11,21-23,27-32,41-42,63-65H,7-9,12-20H2,1-3H3,(H2,43,55)(H,44,58)(H,45,57)(H,46,61)(H,47,62)(H,48,60)(H,49,59). The first-order valence-electron chi connectivity index (χ1n) is 20.8. The molecule has 0 radical (unpaired) electrons. The molecule has 7 atom stereocenters. The van der Waals surface area contributed by atoms with Crippen molar-refractivity contribution in [2.45, 2.75) is 115 Å². The van der Waals surface area contributed by atoms with Crippen molar-refractivity contribution < 1.29 is 63.6 Å². The van der Waals surface area contributed by atoms with Gasteiger partial charge < -0.3 is 48.5 Å². The fourth-order valence-corrected chi connectivity index (χ4v) is 6.42. The fraction of sp³-hybridized carbons (Fsp3) is 0.550. The molecule has 1 aromatic carbocycles. The Balaban J connectivity index is 2.80. The van der Waals surface area contributed by atoms with Gasteiger partial charge >= 0.3 is 0 Å². The molecule has 25 heteroatoms. The average Bonchev–Trinajstić information content (AvgIpc) is 3.25. The Morgan fingerprint density at radius 3 is 1.40 bits per heavy atom. The lowest BCUT2D eigenvalue weighted by molar-refractivity contribution is -0.163. The van der Waals surface area contributed by atoms with E-state index in [1.165, 1.54) is 0 Å². The number of carbonyl (C=O) groups is 10. The SMILES string of the molecule is CC(=O)N(O)CCCC1NC(=O)C(CCCN(O)C(=O)C=N)NC(=O)C(Cc2ccccc2)NC(=O)C(CC(C)C=N)NC(=O)C(CC(N)=O)NC(=O)C(CCCN(O)C(C)=O)NC1=O. The highest BCUT2D eigenvalue weighted by Crippen LogP contribution is 2.12. The van der Waals surface area contributed by atoms with Crippen molar-refractivity contribution in [2.75, 3.05) is 19.6 Å². The molecule has 0 saturated carbocycles.